The SMILES string of the molecule is CC(C)c1ccccc1C1CCCN1C1CC2(CCN(c3cc(Oc4cnc5[nH]ccc5c4)c(C(=O)NS(=O)(=O)c4ccc(N5CC6(CCN(C7COC7)CC6)C5)c(N=O)c4)cn3)CC2)C1. The van der Waals surface area contributed by atoms with Crippen molar-refractivity contribution in [2.45, 2.75) is 94.2 Å². The Bertz CT molecular complexity index is 2740. The smallest absolute Gasteiger partial charge is 0.270 e. The number of pyridine rings is 2. The topological polar surface area (TPSA) is 166 Å². The first-order chi connectivity index (χ1) is 32.0. The Morgan fingerprint density at radius 2 is 1.67 bits per heavy atom. The first kappa shape index (κ1) is 43.2. The number of H-pyrrole nitrogens is 1. The molecule has 5 aromatic rings. The number of hydrogen-bond acceptors (Lipinski definition) is 13. The van der Waals surface area contributed by atoms with Crippen molar-refractivity contribution in [2.24, 2.45) is 16.0 Å². The van der Waals surface area contributed by atoms with Crippen molar-refractivity contribution in [3.63, 3.8) is 0 Å². The summed E-state index contributed by atoms with van der Waals surface area (Å²) in [5.41, 5.74) is 4.67. The predicted octanol–water partition coefficient (Wildman–Crippen LogP) is 8.28. The molecule has 1 saturated carbocycles. The highest BCUT2D eigenvalue weighted by Gasteiger charge is 2.50. The van der Waals surface area contributed by atoms with E-state index in [9.17, 15) is 18.1 Å². The van der Waals surface area contributed by atoms with Crippen LogP contribution in [-0.2, 0) is 14.8 Å². The Kier molecular flexibility index (Phi) is 11.1. The summed E-state index contributed by atoms with van der Waals surface area (Å²) >= 11 is 0. The highest BCUT2D eigenvalue weighted by molar-refractivity contribution is 7.90. The monoisotopic (exact) mass is 913 g/mol. The van der Waals surface area contributed by atoms with Crippen LogP contribution in [0.15, 0.2) is 89.3 Å². The standard InChI is InChI=1S/C50H59N9O6S/c1-33(2)39-6-3-4-7-40(39)43-8-5-17-59(43)35-25-49(26-35)12-20-57(21-13-49)46-24-45(65-37-22-34-11-16-51-47(34)53-27-37)41(28-52-46)48(60)55-66(62,63)38-9-10-44(42(23-38)54-61)58-31-50(32-58)14-18-56(19-15-50)36-29-64-30-36/h3-4,6-7,9-11,16,22-24,27-28,33,35-36,43H,5,8,12-15,17-21,25-26,29-32H2,1-2H3,(H,51,53)(H,55,60). The average Bonchev–Trinajstić information content (AvgIpc) is 3.97. The van der Waals surface area contributed by atoms with Crippen molar-refractivity contribution in [1.82, 2.24) is 29.5 Å². The molecule has 2 aromatic carbocycles. The Morgan fingerprint density at radius 3 is 2.41 bits per heavy atom. The largest absolute Gasteiger partial charge is 0.455 e. The minimum Gasteiger partial charge on any atom is -0.455 e. The predicted molar refractivity (Wildman–Crippen MR) is 253 cm³/mol. The van der Waals surface area contributed by atoms with Crippen molar-refractivity contribution in [3.05, 3.63) is 101 Å². The van der Waals surface area contributed by atoms with Gasteiger partial charge >= 0.3 is 0 Å². The number of nitrogens with one attached hydrogen (secondary N) is 2. The van der Waals surface area contributed by atoms with Crippen LogP contribution < -0.4 is 19.3 Å². The van der Waals surface area contributed by atoms with Crippen molar-refractivity contribution in [2.75, 3.05) is 68.8 Å². The zero-order valence-corrected chi connectivity index (χ0v) is 38.6. The van der Waals surface area contributed by atoms with E-state index in [0.29, 0.717) is 52.4 Å². The molecule has 3 aromatic heterocycles. The van der Waals surface area contributed by atoms with Crippen LogP contribution in [0, 0.1) is 15.7 Å². The van der Waals surface area contributed by atoms with Crippen molar-refractivity contribution >= 4 is 44.2 Å². The highest BCUT2D eigenvalue weighted by Crippen LogP contribution is 2.54. The number of amides is 1. The number of carbonyl (C=O) groups excluding carboxylic acids is 1. The van der Waals surface area contributed by atoms with E-state index in [4.69, 9.17) is 14.5 Å². The number of benzene rings is 2. The lowest BCUT2D eigenvalue weighted by Gasteiger charge is -2.56. The number of hydrogen-bond donors (Lipinski definition) is 2. The summed E-state index contributed by atoms with van der Waals surface area (Å²) in [6, 6.07) is 20.3. The molecular formula is C50H59N9O6S. The normalized spacial score (nSPS) is 22.4. The molecule has 5 saturated heterocycles. The number of aromatic nitrogens is 3. The molecule has 8 heterocycles. The lowest BCUT2D eigenvalue weighted by molar-refractivity contribution is -0.0838. The summed E-state index contributed by atoms with van der Waals surface area (Å²) in [6.45, 7) is 12.6. The number of piperidine rings is 2. The molecule has 1 amide bonds. The van der Waals surface area contributed by atoms with Gasteiger partial charge in [0.15, 0.2) is 0 Å². The Labute approximate surface area is 386 Å². The zero-order chi connectivity index (χ0) is 45.2. The molecule has 66 heavy (non-hydrogen) atoms. The second-order valence-corrected chi connectivity index (χ2v) is 21.9. The van der Waals surface area contributed by atoms with Gasteiger partial charge in [-0.3, -0.25) is 14.6 Å². The van der Waals surface area contributed by atoms with Crippen molar-refractivity contribution in [1.29, 1.82) is 0 Å². The van der Waals surface area contributed by atoms with Gasteiger partial charge in [0, 0.05) is 67.5 Å². The average molecular weight is 914 g/mol. The van der Waals surface area contributed by atoms with E-state index in [1.165, 1.54) is 55.1 Å². The van der Waals surface area contributed by atoms with Crippen LogP contribution in [-0.4, -0.2) is 110 Å². The van der Waals surface area contributed by atoms with Gasteiger partial charge in [-0.15, -0.1) is 4.91 Å². The van der Waals surface area contributed by atoms with E-state index in [-0.39, 0.29) is 27.3 Å². The number of carbonyl (C=O) groups is 1. The van der Waals surface area contributed by atoms with Crippen molar-refractivity contribution in [3.8, 4) is 11.5 Å². The second-order valence-electron chi connectivity index (χ2n) is 20.2. The van der Waals surface area contributed by atoms with Crippen molar-refractivity contribution < 1.29 is 22.7 Å². The van der Waals surface area contributed by atoms with E-state index < -0.39 is 15.9 Å². The maximum Gasteiger partial charge on any atom is 0.270 e. The van der Waals surface area contributed by atoms with Crippen LogP contribution in [0.2, 0.25) is 0 Å². The van der Waals surface area contributed by atoms with Gasteiger partial charge in [-0.1, -0.05) is 38.1 Å². The molecule has 2 spiro atoms. The third kappa shape index (κ3) is 8.02. The summed E-state index contributed by atoms with van der Waals surface area (Å²) < 4.78 is 41.7. The fourth-order valence-corrected chi connectivity index (χ4v) is 12.9. The molecule has 15 nitrogen and oxygen atoms in total. The lowest BCUT2D eigenvalue weighted by Crippen LogP contribution is -2.62. The number of sulfonamides is 1. The van der Waals surface area contributed by atoms with Crippen LogP contribution in [0.25, 0.3) is 11.0 Å². The number of nitroso groups, excluding NO2 is 1. The number of nitrogens with zero attached hydrogens (tertiary/aromatic N) is 7. The van der Waals surface area contributed by atoms with E-state index in [0.717, 1.165) is 90.1 Å². The third-order valence-corrected chi connectivity index (χ3v) is 17.2. The van der Waals surface area contributed by atoms with Crippen LogP contribution in [0.3, 0.4) is 0 Å². The highest BCUT2D eigenvalue weighted by atomic mass is 32.2. The first-order valence-electron chi connectivity index (χ1n) is 23.8. The number of fused-ring (bicyclic) bond motifs is 1. The molecule has 1 unspecified atom stereocenters. The summed E-state index contributed by atoms with van der Waals surface area (Å²) in [7, 11) is -4.44. The molecule has 0 radical (unpaired) electrons. The first-order valence-corrected chi connectivity index (χ1v) is 25.3. The maximum absolute atomic E-state index is 14.0. The third-order valence-electron chi connectivity index (χ3n) is 15.9. The Morgan fingerprint density at radius 1 is 0.894 bits per heavy atom. The summed E-state index contributed by atoms with van der Waals surface area (Å²) in [5.74, 6) is 0.774. The fraction of sp³-hybridized carbons (Fsp3) is 0.500. The van der Waals surface area contributed by atoms with Gasteiger partial charge in [0.1, 0.15) is 34.2 Å². The minimum absolute atomic E-state index is 0.0142. The van der Waals surface area contributed by atoms with E-state index in [1.54, 1.807) is 24.5 Å². The molecule has 346 valence electrons. The van der Waals surface area contributed by atoms with Gasteiger partial charge in [0.25, 0.3) is 15.9 Å². The Hall–Kier alpha value is -5.42. The molecule has 1 atom stereocenters. The minimum atomic E-state index is -4.44. The lowest BCUT2D eigenvalue weighted by atomic mass is 9.60. The van der Waals surface area contributed by atoms with E-state index >= 15 is 0 Å². The number of ether oxygens (including phenoxy) is 2. The quantitative estimate of drug-likeness (QED) is 0.115. The van der Waals surface area contributed by atoms with E-state index in [2.05, 4.69) is 77.6 Å². The van der Waals surface area contributed by atoms with Crippen LogP contribution in [0.5, 0.6) is 11.5 Å². The molecule has 6 fully saturated rings. The number of rotatable bonds is 12. The van der Waals surface area contributed by atoms with Crippen LogP contribution in [0.1, 0.15) is 98.7 Å². The summed E-state index contributed by atoms with van der Waals surface area (Å²) in [6.07, 6.45) is 13.8. The molecule has 1 aliphatic carbocycles. The molecule has 2 N–H and O–H groups in total. The van der Waals surface area contributed by atoms with Gasteiger partial charge in [0.2, 0.25) is 0 Å². The number of likely N-dealkylation sites (tertiary alicyclic amines) is 2. The van der Waals surface area contributed by atoms with E-state index in [1.807, 2.05) is 12.1 Å². The molecule has 0 bridgehead atoms. The zero-order valence-electron chi connectivity index (χ0n) is 37.8. The van der Waals surface area contributed by atoms with Gasteiger partial charge in [0.05, 0.1) is 36.0 Å². The number of anilines is 2. The Balaban J connectivity index is 0.771. The van der Waals surface area contributed by atoms with Gasteiger partial charge in [-0.05, 0) is 129 Å². The number of aromatic amines is 1. The summed E-state index contributed by atoms with van der Waals surface area (Å²) in [4.78, 5) is 47.8. The fourth-order valence-electron chi connectivity index (χ4n) is 11.9. The molecule has 6 aliphatic rings. The molecule has 11 rings (SSSR count). The van der Waals surface area contributed by atoms with Gasteiger partial charge in [-0.25, -0.2) is 23.1 Å². The second kappa shape index (κ2) is 17.0. The summed E-state index contributed by atoms with van der Waals surface area (Å²) in [5, 5.41) is 4.05. The van der Waals surface area contributed by atoms with Gasteiger partial charge in [-0.2, -0.15) is 0 Å². The van der Waals surface area contributed by atoms with Gasteiger partial charge < -0.3 is 24.3 Å². The molecule has 5 aliphatic heterocycles. The van der Waals surface area contributed by atoms with Crippen LogP contribution in [0.4, 0.5) is 17.2 Å². The van der Waals surface area contributed by atoms with Crippen LogP contribution >= 0.6 is 0 Å². The molecule has 16 heteroatoms. The molecular weight excluding hydrogens is 855 g/mol. The maximum atomic E-state index is 14.0.